The van der Waals surface area contributed by atoms with Crippen LogP contribution in [-0.4, -0.2) is 26.8 Å². The highest BCUT2D eigenvalue weighted by molar-refractivity contribution is 7.99. The zero-order chi connectivity index (χ0) is 21.9. The van der Waals surface area contributed by atoms with Gasteiger partial charge in [-0.3, -0.25) is 14.2 Å². The Bertz CT molecular complexity index is 1170. The average Bonchev–Trinajstić information content (AvgIpc) is 3.21. The van der Waals surface area contributed by atoms with Gasteiger partial charge >= 0.3 is 0 Å². The van der Waals surface area contributed by atoms with Crippen LogP contribution in [0.2, 0.25) is 5.02 Å². The van der Waals surface area contributed by atoms with E-state index in [1.165, 1.54) is 10.8 Å². The molecule has 0 spiro atoms. The Morgan fingerprint density at radius 2 is 2.20 bits per heavy atom. The van der Waals surface area contributed by atoms with Gasteiger partial charge in [0.05, 0.1) is 35.5 Å². The number of nitrogens with one attached hydrogen (secondary N) is 1. The molecule has 0 radical (unpaired) electrons. The van der Waals surface area contributed by atoms with Crippen LogP contribution in [-0.2, 0) is 11.3 Å². The van der Waals surface area contributed by atoms with Crippen LogP contribution in [0.15, 0.2) is 51.0 Å². The van der Waals surface area contributed by atoms with E-state index in [0.29, 0.717) is 26.8 Å². The third kappa shape index (κ3) is 4.69. The summed E-state index contributed by atoms with van der Waals surface area (Å²) >= 11 is 7.18. The molecule has 9 heteroatoms. The second-order valence-electron chi connectivity index (χ2n) is 7.33. The SMILES string of the molecule is CC(C)C(C)(C#N)NC(=O)CSc1nc2cc(Cl)ccc2c(=O)n1Cc1ccco1. The number of halogens is 1. The number of thioether (sulfide) groups is 1. The number of benzene rings is 1. The van der Waals surface area contributed by atoms with Crippen LogP contribution in [0.3, 0.4) is 0 Å². The van der Waals surface area contributed by atoms with Gasteiger partial charge in [0.25, 0.3) is 5.56 Å². The first-order chi connectivity index (χ1) is 14.2. The minimum Gasteiger partial charge on any atom is -0.467 e. The molecule has 1 aromatic carbocycles. The van der Waals surface area contributed by atoms with Crippen molar-refractivity contribution in [3.63, 3.8) is 0 Å². The van der Waals surface area contributed by atoms with Crippen LogP contribution in [0.4, 0.5) is 0 Å². The molecular formula is C21H21ClN4O3S. The number of furan rings is 1. The minimum absolute atomic E-state index is 0.000652. The van der Waals surface area contributed by atoms with Crippen molar-refractivity contribution in [1.82, 2.24) is 14.9 Å². The number of hydrogen-bond donors (Lipinski definition) is 1. The molecule has 0 aliphatic heterocycles. The number of rotatable bonds is 7. The van der Waals surface area contributed by atoms with E-state index in [4.69, 9.17) is 16.0 Å². The van der Waals surface area contributed by atoms with Crippen LogP contribution in [0, 0.1) is 17.2 Å². The van der Waals surface area contributed by atoms with Gasteiger partial charge in [0.1, 0.15) is 11.3 Å². The highest BCUT2D eigenvalue weighted by atomic mass is 35.5. The van der Waals surface area contributed by atoms with E-state index in [2.05, 4.69) is 16.4 Å². The summed E-state index contributed by atoms with van der Waals surface area (Å²) in [5, 5.41) is 13.4. The number of carbonyl (C=O) groups is 1. The molecule has 0 saturated heterocycles. The van der Waals surface area contributed by atoms with E-state index in [-0.39, 0.29) is 29.7 Å². The third-order valence-electron chi connectivity index (χ3n) is 4.89. The van der Waals surface area contributed by atoms with Crippen LogP contribution in [0.25, 0.3) is 10.9 Å². The Labute approximate surface area is 183 Å². The molecule has 3 rings (SSSR count). The molecule has 0 bridgehead atoms. The lowest BCUT2D eigenvalue weighted by atomic mass is 9.90. The molecule has 1 N–H and O–H groups in total. The molecule has 2 aromatic heterocycles. The third-order valence-corrected chi connectivity index (χ3v) is 6.11. The van der Waals surface area contributed by atoms with Crippen molar-refractivity contribution in [1.29, 1.82) is 5.26 Å². The fourth-order valence-corrected chi connectivity index (χ4v) is 3.70. The summed E-state index contributed by atoms with van der Waals surface area (Å²) in [6.07, 6.45) is 1.53. The Morgan fingerprint density at radius 1 is 1.43 bits per heavy atom. The molecule has 7 nitrogen and oxygen atoms in total. The highest BCUT2D eigenvalue weighted by Gasteiger charge is 2.30. The van der Waals surface area contributed by atoms with E-state index in [9.17, 15) is 14.9 Å². The molecule has 0 aliphatic rings. The number of nitriles is 1. The summed E-state index contributed by atoms with van der Waals surface area (Å²) in [6, 6.07) is 10.5. The smallest absolute Gasteiger partial charge is 0.262 e. The quantitative estimate of drug-likeness (QED) is 0.439. The fourth-order valence-electron chi connectivity index (χ4n) is 2.74. The molecule has 0 fully saturated rings. The van der Waals surface area contributed by atoms with Crippen LogP contribution >= 0.6 is 23.4 Å². The van der Waals surface area contributed by atoms with Gasteiger partial charge in [0, 0.05) is 5.02 Å². The van der Waals surface area contributed by atoms with Gasteiger partial charge in [-0.15, -0.1) is 0 Å². The molecule has 3 aromatic rings. The number of hydrogen-bond acceptors (Lipinski definition) is 6. The van der Waals surface area contributed by atoms with Gasteiger partial charge in [-0.2, -0.15) is 5.26 Å². The second kappa shape index (κ2) is 8.94. The number of amides is 1. The summed E-state index contributed by atoms with van der Waals surface area (Å²) < 4.78 is 6.85. The van der Waals surface area contributed by atoms with Crippen molar-refractivity contribution in [2.45, 2.75) is 38.0 Å². The molecule has 156 valence electrons. The van der Waals surface area contributed by atoms with Crippen molar-refractivity contribution in [3.8, 4) is 6.07 Å². The van der Waals surface area contributed by atoms with E-state index in [1.807, 2.05) is 13.8 Å². The summed E-state index contributed by atoms with van der Waals surface area (Å²) in [7, 11) is 0. The van der Waals surface area contributed by atoms with Crippen molar-refractivity contribution >= 4 is 40.2 Å². The van der Waals surface area contributed by atoms with Crippen LogP contribution in [0.1, 0.15) is 26.5 Å². The van der Waals surface area contributed by atoms with E-state index >= 15 is 0 Å². The summed E-state index contributed by atoms with van der Waals surface area (Å²) in [5.74, 6) is 0.216. The van der Waals surface area contributed by atoms with Gasteiger partial charge < -0.3 is 9.73 Å². The fraction of sp³-hybridized carbons (Fsp3) is 0.333. The van der Waals surface area contributed by atoms with Gasteiger partial charge in [-0.1, -0.05) is 37.2 Å². The first-order valence-electron chi connectivity index (χ1n) is 9.31. The van der Waals surface area contributed by atoms with Crippen molar-refractivity contribution in [2.24, 2.45) is 5.92 Å². The van der Waals surface area contributed by atoms with Gasteiger partial charge in [-0.05, 0) is 43.2 Å². The molecule has 0 aliphatic carbocycles. The molecule has 2 heterocycles. The molecule has 0 saturated carbocycles. The highest BCUT2D eigenvalue weighted by Crippen LogP contribution is 2.22. The zero-order valence-corrected chi connectivity index (χ0v) is 18.4. The Kier molecular flexibility index (Phi) is 6.54. The number of fused-ring (bicyclic) bond motifs is 1. The lowest BCUT2D eigenvalue weighted by molar-refractivity contribution is -0.120. The lowest BCUT2D eigenvalue weighted by Gasteiger charge is -2.27. The van der Waals surface area contributed by atoms with Gasteiger partial charge in [0.2, 0.25) is 5.91 Å². The maximum Gasteiger partial charge on any atom is 0.262 e. The topological polar surface area (TPSA) is 101 Å². The van der Waals surface area contributed by atoms with Crippen molar-refractivity contribution in [3.05, 3.63) is 57.7 Å². The normalized spacial score (nSPS) is 13.2. The number of carbonyl (C=O) groups excluding carboxylic acids is 1. The first kappa shape index (κ1) is 21.9. The molecule has 1 unspecified atom stereocenters. The van der Waals surface area contributed by atoms with Crippen molar-refractivity contribution < 1.29 is 9.21 Å². The molecule has 30 heavy (non-hydrogen) atoms. The Morgan fingerprint density at radius 3 is 2.83 bits per heavy atom. The summed E-state index contributed by atoms with van der Waals surface area (Å²) in [4.78, 5) is 30.1. The first-order valence-corrected chi connectivity index (χ1v) is 10.7. The van der Waals surface area contributed by atoms with Crippen LogP contribution < -0.4 is 10.9 Å². The molecular weight excluding hydrogens is 424 g/mol. The Hall–Kier alpha value is -2.76. The zero-order valence-electron chi connectivity index (χ0n) is 16.8. The van der Waals surface area contributed by atoms with E-state index in [0.717, 1.165) is 11.8 Å². The van der Waals surface area contributed by atoms with E-state index < -0.39 is 5.54 Å². The maximum absolute atomic E-state index is 13.1. The second-order valence-corrected chi connectivity index (χ2v) is 8.71. The van der Waals surface area contributed by atoms with Gasteiger partial charge in [0.15, 0.2) is 5.16 Å². The minimum atomic E-state index is -0.976. The Balaban J connectivity index is 1.92. The number of nitrogens with zero attached hydrogens (tertiary/aromatic N) is 3. The molecule has 1 atom stereocenters. The van der Waals surface area contributed by atoms with Crippen molar-refractivity contribution in [2.75, 3.05) is 5.75 Å². The summed E-state index contributed by atoms with van der Waals surface area (Å²) in [6.45, 7) is 5.60. The predicted octanol–water partition coefficient (Wildman–Crippen LogP) is 3.84. The predicted molar refractivity (Wildman–Crippen MR) is 117 cm³/mol. The average molecular weight is 445 g/mol. The maximum atomic E-state index is 13.1. The number of aromatic nitrogens is 2. The standard InChI is InChI=1S/C21H21ClN4O3S/c1-13(2)21(3,12-23)25-18(27)11-30-20-24-17-9-14(22)6-7-16(17)19(28)26(20)10-15-5-4-8-29-15/h4-9,13H,10-11H2,1-3H3,(H,25,27). The van der Waals surface area contributed by atoms with E-state index in [1.54, 1.807) is 37.3 Å². The lowest BCUT2D eigenvalue weighted by Crippen LogP contribution is -2.49. The molecule has 1 amide bonds. The van der Waals surface area contributed by atoms with Crippen LogP contribution in [0.5, 0.6) is 0 Å². The summed E-state index contributed by atoms with van der Waals surface area (Å²) in [5.41, 5.74) is -0.773. The van der Waals surface area contributed by atoms with Gasteiger partial charge in [-0.25, -0.2) is 4.98 Å². The largest absolute Gasteiger partial charge is 0.467 e. The monoisotopic (exact) mass is 444 g/mol.